The lowest BCUT2D eigenvalue weighted by Crippen LogP contribution is -2.60. The topological polar surface area (TPSA) is 234 Å². The third kappa shape index (κ3) is 15.3. The summed E-state index contributed by atoms with van der Waals surface area (Å²) in [4.78, 5) is 105. The first-order chi connectivity index (χ1) is 34.4. The first-order valence-electron chi connectivity index (χ1n) is 26.2. The second kappa shape index (κ2) is 27.5. The van der Waals surface area contributed by atoms with Gasteiger partial charge in [0.25, 0.3) is 11.8 Å². The van der Waals surface area contributed by atoms with E-state index in [1.54, 1.807) is 69.7 Å². The molecule has 4 rings (SSSR count). The van der Waals surface area contributed by atoms with E-state index in [1.165, 1.54) is 26.2 Å². The number of aliphatic hydroxyl groups excluding tert-OH is 2. The second-order valence-corrected chi connectivity index (χ2v) is 21.4. The Bertz CT molecular complexity index is 2040. The minimum atomic E-state index is -1.47. The number of nitrogens with one attached hydrogen (secondary N) is 2. The summed E-state index contributed by atoms with van der Waals surface area (Å²) in [5, 5.41) is 28.5. The Morgan fingerprint density at radius 2 is 1.49 bits per heavy atom. The molecule has 2 saturated heterocycles. The Labute approximate surface area is 433 Å². The van der Waals surface area contributed by atoms with Crippen LogP contribution in [0.3, 0.4) is 0 Å². The number of likely N-dealkylation sites (tertiary alicyclic amines) is 1. The van der Waals surface area contributed by atoms with Crippen LogP contribution in [0.4, 0.5) is 4.79 Å². The van der Waals surface area contributed by atoms with E-state index in [2.05, 4.69) is 10.6 Å². The molecule has 4 N–H and O–H groups in total. The second-order valence-electron chi connectivity index (χ2n) is 21.4. The molecular formula is C54H86N6O13. The molecule has 13 atom stereocenters. The first kappa shape index (κ1) is 60.6. The summed E-state index contributed by atoms with van der Waals surface area (Å²) in [6, 6.07) is 5.43. The Morgan fingerprint density at radius 1 is 0.849 bits per heavy atom. The maximum Gasteiger partial charge on any atom is 0.410 e. The van der Waals surface area contributed by atoms with E-state index in [-0.39, 0.29) is 49.3 Å². The lowest BCUT2D eigenvalue weighted by Gasteiger charge is -2.41. The van der Waals surface area contributed by atoms with Crippen molar-refractivity contribution in [1.82, 2.24) is 30.4 Å². The summed E-state index contributed by atoms with van der Waals surface area (Å²) < 4.78 is 18.0. The number of aliphatic hydroxyl groups is 2. The van der Waals surface area contributed by atoms with Gasteiger partial charge >= 0.3 is 6.09 Å². The third-order valence-electron chi connectivity index (χ3n) is 15.4. The molecule has 1 aliphatic carbocycles. The van der Waals surface area contributed by atoms with E-state index in [0.29, 0.717) is 55.7 Å². The van der Waals surface area contributed by atoms with Gasteiger partial charge in [0, 0.05) is 53.1 Å². The Morgan fingerprint density at radius 3 is 2.07 bits per heavy atom. The van der Waals surface area contributed by atoms with Crippen molar-refractivity contribution in [2.45, 2.75) is 187 Å². The predicted molar refractivity (Wildman–Crippen MR) is 272 cm³/mol. The molecule has 7 amide bonds. The lowest BCUT2D eigenvalue weighted by atomic mass is 9.78. The van der Waals surface area contributed by atoms with Crippen molar-refractivity contribution in [3.8, 4) is 0 Å². The fraction of sp³-hybridized carbons (Fsp3) is 0.722. The molecule has 2 unspecified atom stereocenters. The number of nitrogens with zero attached hydrogens (tertiary/aromatic N) is 4. The summed E-state index contributed by atoms with van der Waals surface area (Å²) in [5.41, 5.74) is -0.207. The number of amides is 7. The number of likely N-dealkylation sites (N-methyl/N-ethyl adjacent to an activating group) is 2. The van der Waals surface area contributed by atoms with Gasteiger partial charge in [0.1, 0.15) is 18.2 Å². The number of carbonyl (C=O) groups is 7. The van der Waals surface area contributed by atoms with Gasteiger partial charge in [-0.15, -0.1) is 0 Å². The molecule has 0 bridgehead atoms. The van der Waals surface area contributed by atoms with Crippen LogP contribution in [-0.2, 0) is 47.8 Å². The van der Waals surface area contributed by atoms with E-state index < -0.39 is 108 Å². The maximum atomic E-state index is 14.7. The molecule has 73 heavy (non-hydrogen) atoms. The highest BCUT2D eigenvalue weighted by Crippen LogP contribution is 2.38. The van der Waals surface area contributed by atoms with Gasteiger partial charge in [-0.25, -0.2) is 9.63 Å². The summed E-state index contributed by atoms with van der Waals surface area (Å²) in [6.07, 6.45) is 1.80. The molecule has 2 fully saturated rings. The van der Waals surface area contributed by atoms with Crippen LogP contribution < -0.4 is 10.6 Å². The van der Waals surface area contributed by atoms with Crippen molar-refractivity contribution < 1.29 is 62.8 Å². The van der Waals surface area contributed by atoms with Crippen molar-refractivity contribution in [1.29, 1.82) is 0 Å². The van der Waals surface area contributed by atoms with Crippen molar-refractivity contribution in [3.63, 3.8) is 0 Å². The van der Waals surface area contributed by atoms with Crippen LogP contribution >= 0.6 is 0 Å². The fourth-order valence-electron chi connectivity index (χ4n) is 10.5. The zero-order chi connectivity index (χ0) is 54.5. The number of hydrogen-bond acceptors (Lipinski definition) is 13. The molecule has 2 aliphatic heterocycles. The van der Waals surface area contributed by atoms with Gasteiger partial charge in [0.15, 0.2) is 6.29 Å². The van der Waals surface area contributed by atoms with Crippen molar-refractivity contribution in [2.75, 3.05) is 34.9 Å². The van der Waals surface area contributed by atoms with Gasteiger partial charge in [0.2, 0.25) is 23.6 Å². The monoisotopic (exact) mass is 1030 g/mol. The van der Waals surface area contributed by atoms with Crippen LogP contribution in [0.5, 0.6) is 0 Å². The number of hydrogen-bond donors (Lipinski definition) is 4. The largest absolute Gasteiger partial charge is 0.442 e. The highest BCUT2D eigenvalue weighted by Gasteiger charge is 2.45. The predicted octanol–water partition coefficient (Wildman–Crippen LogP) is 5.28. The SMILES string of the molecule is CC[C@H](C)C([C@@H](CC(=O)N1CCC[C@H]1[C@H](OC)[C@@H](C)C(=O)N[C@H](C)[C@@H](O)c1ccccc1)OC)N(C)C(=O)[C@@H](NC(=O)[C@H](C(C)C)N(C)C(=O)O[C@H]1/C=C/CC[C@@](C)(C(O)ON2C(=O)CCC2=O)CC1)C(C)C. The molecule has 19 heteroatoms. The average molecular weight is 1030 g/mol. The van der Waals surface area contributed by atoms with Gasteiger partial charge in [-0.2, -0.15) is 5.06 Å². The number of hydroxylamine groups is 2. The Hall–Kier alpha value is -4.95. The van der Waals surface area contributed by atoms with Crippen LogP contribution in [-0.4, -0.2) is 161 Å². The zero-order valence-corrected chi connectivity index (χ0v) is 45.6. The smallest absolute Gasteiger partial charge is 0.410 e. The van der Waals surface area contributed by atoms with Crippen molar-refractivity contribution in [2.24, 2.45) is 29.1 Å². The summed E-state index contributed by atoms with van der Waals surface area (Å²) in [5.74, 6) is -4.11. The molecule has 19 nitrogen and oxygen atoms in total. The average Bonchev–Trinajstić information content (AvgIpc) is 3.97. The van der Waals surface area contributed by atoms with Gasteiger partial charge in [-0.05, 0) is 74.8 Å². The van der Waals surface area contributed by atoms with Gasteiger partial charge in [0.05, 0.1) is 48.8 Å². The molecule has 3 aliphatic rings. The highest BCUT2D eigenvalue weighted by atomic mass is 16.8. The number of methoxy groups -OCH3 is 2. The maximum absolute atomic E-state index is 14.7. The molecule has 1 aromatic rings. The molecule has 0 aromatic heterocycles. The van der Waals surface area contributed by atoms with Gasteiger partial charge < -0.3 is 44.9 Å². The van der Waals surface area contributed by atoms with E-state index in [9.17, 15) is 43.8 Å². The lowest BCUT2D eigenvalue weighted by molar-refractivity contribution is -0.278. The number of allylic oxidation sites excluding steroid dienone is 1. The van der Waals surface area contributed by atoms with E-state index in [1.807, 2.05) is 52.0 Å². The summed E-state index contributed by atoms with van der Waals surface area (Å²) >= 11 is 0. The van der Waals surface area contributed by atoms with Crippen LogP contribution in [0, 0.1) is 29.1 Å². The van der Waals surface area contributed by atoms with Gasteiger partial charge in [-0.1, -0.05) is 98.2 Å². The molecule has 410 valence electrons. The molecule has 0 radical (unpaired) electrons. The standard InChI is InChI=1S/C54H86N6O13/c1-14-34(6)46(40(70-12)31-43(63)59-30-20-24-39(59)48(71-13)35(7)49(65)55-36(8)47(64)37-21-16-15-17-22-37)57(10)51(67)44(32(2)3)56-50(66)45(33(4)5)58(11)53(69)72-38-23-18-19-28-54(9,29-27-38)52(68)73-60-41(61)25-26-42(60)62/h15-18,21-23,32-36,38-40,44-48,52,64,68H,14,19-20,24-31H2,1-13H3,(H,55,65)(H,56,66)/b23-18+/t34-,35+,36+,38-,39-,40+,44-,45-,46?,47+,48+,52?,54+/m0/s1. The normalized spacial score (nSPS) is 24.0. The van der Waals surface area contributed by atoms with E-state index >= 15 is 0 Å². The molecular weight excluding hydrogens is 941 g/mol. The number of ether oxygens (including phenoxy) is 3. The minimum absolute atomic E-state index is 0.0155. The van der Waals surface area contributed by atoms with Gasteiger partial charge in [-0.3, -0.25) is 33.7 Å². The van der Waals surface area contributed by atoms with Crippen LogP contribution in [0.1, 0.15) is 138 Å². The van der Waals surface area contributed by atoms with Crippen LogP contribution in [0.15, 0.2) is 42.5 Å². The number of imide groups is 1. The van der Waals surface area contributed by atoms with Crippen molar-refractivity contribution >= 4 is 41.5 Å². The molecule has 0 spiro atoms. The Balaban J connectivity index is 1.43. The van der Waals surface area contributed by atoms with Crippen LogP contribution in [0.2, 0.25) is 0 Å². The summed E-state index contributed by atoms with van der Waals surface area (Å²) in [7, 11) is 6.16. The summed E-state index contributed by atoms with van der Waals surface area (Å²) in [6.45, 7) is 16.9. The van der Waals surface area contributed by atoms with Crippen LogP contribution in [0.25, 0.3) is 0 Å². The Kier molecular flexibility index (Phi) is 22.9. The first-order valence-corrected chi connectivity index (χ1v) is 26.2. The molecule has 0 saturated carbocycles. The number of carbonyl (C=O) groups excluding carboxylic acids is 7. The minimum Gasteiger partial charge on any atom is -0.442 e. The molecule has 2 heterocycles. The van der Waals surface area contributed by atoms with E-state index in [0.717, 1.165) is 0 Å². The highest BCUT2D eigenvalue weighted by molar-refractivity contribution is 6.00. The zero-order valence-electron chi connectivity index (χ0n) is 45.6. The van der Waals surface area contributed by atoms with E-state index in [4.69, 9.17) is 19.0 Å². The number of benzene rings is 1. The van der Waals surface area contributed by atoms with Crippen molar-refractivity contribution in [3.05, 3.63) is 48.0 Å². The number of rotatable bonds is 24. The molecule has 1 aromatic carbocycles. The fourth-order valence-corrected chi connectivity index (χ4v) is 10.5. The quantitative estimate of drug-likeness (QED) is 0.0587. The third-order valence-corrected chi connectivity index (χ3v) is 15.4.